The number of ether oxygens (including phenoxy) is 1. The van der Waals surface area contributed by atoms with E-state index in [9.17, 15) is 0 Å². The Kier molecular flexibility index (Phi) is 3.20. The molecule has 1 heterocycles. The van der Waals surface area contributed by atoms with E-state index in [0.29, 0.717) is 22.3 Å². The second-order valence-corrected chi connectivity index (χ2v) is 4.35. The van der Waals surface area contributed by atoms with Gasteiger partial charge in [-0.15, -0.1) is 0 Å². The molecule has 3 nitrogen and oxygen atoms in total. The van der Waals surface area contributed by atoms with Crippen molar-refractivity contribution in [2.24, 2.45) is 0 Å². The summed E-state index contributed by atoms with van der Waals surface area (Å²) in [6.07, 6.45) is 1.70. The van der Waals surface area contributed by atoms with E-state index in [4.69, 9.17) is 22.1 Å². The van der Waals surface area contributed by atoms with E-state index < -0.39 is 0 Å². The molecule has 0 aliphatic heterocycles. The molecule has 0 unspecified atom stereocenters. The molecule has 0 saturated carbocycles. The standard InChI is InChI=1S/C13H13ClN2O/c1-8-3-4-12(10(14)5-8)17-13-11(15)6-9(2)7-16-13/h3-7H,15H2,1-2H3. The van der Waals surface area contributed by atoms with Crippen LogP contribution in [0.4, 0.5) is 5.69 Å². The smallest absolute Gasteiger partial charge is 0.242 e. The first kappa shape index (κ1) is 11.7. The molecule has 0 radical (unpaired) electrons. The molecule has 0 amide bonds. The summed E-state index contributed by atoms with van der Waals surface area (Å²) in [5.74, 6) is 0.932. The van der Waals surface area contributed by atoms with Crippen LogP contribution in [0.25, 0.3) is 0 Å². The molecule has 1 aromatic heterocycles. The number of benzene rings is 1. The highest BCUT2D eigenvalue weighted by atomic mass is 35.5. The normalized spacial score (nSPS) is 10.3. The molecule has 0 spiro atoms. The maximum atomic E-state index is 6.07. The van der Waals surface area contributed by atoms with E-state index in [1.54, 1.807) is 12.3 Å². The van der Waals surface area contributed by atoms with Gasteiger partial charge in [-0.05, 0) is 43.2 Å². The summed E-state index contributed by atoms with van der Waals surface area (Å²) in [6.45, 7) is 3.89. The van der Waals surface area contributed by atoms with Gasteiger partial charge in [-0.25, -0.2) is 4.98 Å². The third-order valence-corrected chi connectivity index (χ3v) is 2.60. The summed E-state index contributed by atoms with van der Waals surface area (Å²) in [5.41, 5.74) is 8.39. The fraction of sp³-hybridized carbons (Fsp3) is 0.154. The van der Waals surface area contributed by atoms with Crippen molar-refractivity contribution in [1.29, 1.82) is 0 Å². The predicted octanol–water partition coefficient (Wildman–Crippen LogP) is 3.73. The Morgan fingerprint density at radius 3 is 2.59 bits per heavy atom. The van der Waals surface area contributed by atoms with Crippen molar-refractivity contribution in [2.75, 3.05) is 5.73 Å². The molecular formula is C13H13ClN2O. The topological polar surface area (TPSA) is 48.1 Å². The summed E-state index contributed by atoms with van der Waals surface area (Å²) >= 11 is 6.07. The van der Waals surface area contributed by atoms with Gasteiger partial charge < -0.3 is 10.5 Å². The quantitative estimate of drug-likeness (QED) is 0.881. The largest absolute Gasteiger partial charge is 0.436 e. The fourth-order valence-electron chi connectivity index (χ4n) is 1.46. The Labute approximate surface area is 105 Å². The Morgan fingerprint density at radius 1 is 1.18 bits per heavy atom. The molecule has 1 aromatic carbocycles. The van der Waals surface area contributed by atoms with Crippen LogP contribution in [0, 0.1) is 13.8 Å². The highest BCUT2D eigenvalue weighted by Gasteiger charge is 2.07. The van der Waals surface area contributed by atoms with Crippen molar-refractivity contribution in [2.45, 2.75) is 13.8 Å². The van der Waals surface area contributed by atoms with E-state index in [-0.39, 0.29) is 0 Å². The van der Waals surface area contributed by atoms with Crippen LogP contribution < -0.4 is 10.5 Å². The van der Waals surface area contributed by atoms with Crippen LogP contribution in [0.2, 0.25) is 5.02 Å². The lowest BCUT2D eigenvalue weighted by atomic mass is 10.2. The highest BCUT2D eigenvalue weighted by molar-refractivity contribution is 6.32. The highest BCUT2D eigenvalue weighted by Crippen LogP contribution is 2.31. The van der Waals surface area contributed by atoms with Crippen molar-refractivity contribution >= 4 is 17.3 Å². The number of anilines is 1. The molecule has 4 heteroatoms. The molecule has 0 atom stereocenters. The van der Waals surface area contributed by atoms with Crippen LogP contribution in [-0.2, 0) is 0 Å². The third kappa shape index (κ3) is 2.68. The van der Waals surface area contributed by atoms with E-state index >= 15 is 0 Å². The van der Waals surface area contributed by atoms with Gasteiger partial charge in [-0.1, -0.05) is 17.7 Å². The number of aromatic nitrogens is 1. The number of aryl methyl sites for hydroxylation is 2. The molecule has 0 saturated heterocycles. The Balaban J connectivity index is 2.31. The summed E-state index contributed by atoms with van der Waals surface area (Å²) < 4.78 is 5.58. The summed E-state index contributed by atoms with van der Waals surface area (Å²) in [5, 5.41) is 0.548. The minimum absolute atomic E-state index is 0.376. The Morgan fingerprint density at radius 2 is 1.94 bits per heavy atom. The molecular weight excluding hydrogens is 236 g/mol. The molecule has 0 aliphatic carbocycles. The molecule has 0 bridgehead atoms. The Bertz CT molecular complexity index is 506. The van der Waals surface area contributed by atoms with Gasteiger partial charge in [-0.3, -0.25) is 0 Å². The molecule has 2 rings (SSSR count). The van der Waals surface area contributed by atoms with Gasteiger partial charge in [-0.2, -0.15) is 0 Å². The SMILES string of the molecule is Cc1cnc(Oc2ccc(C)cc2Cl)c(N)c1. The van der Waals surface area contributed by atoms with Gasteiger partial charge in [0.05, 0.1) is 10.7 Å². The lowest BCUT2D eigenvalue weighted by molar-refractivity contribution is 0.465. The first-order valence-corrected chi connectivity index (χ1v) is 5.60. The van der Waals surface area contributed by atoms with Gasteiger partial charge in [0.25, 0.3) is 0 Å². The van der Waals surface area contributed by atoms with Crippen LogP contribution in [-0.4, -0.2) is 4.98 Å². The number of hydrogen-bond acceptors (Lipinski definition) is 3. The predicted molar refractivity (Wildman–Crippen MR) is 69.6 cm³/mol. The maximum absolute atomic E-state index is 6.07. The van der Waals surface area contributed by atoms with Crippen molar-refractivity contribution in [3.8, 4) is 11.6 Å². The second-order valence-electron chi connectivity index (χ2n) is 3.94. The zero-order valence-corrected chi connectivity index (χ0v) is 10.5. The number of nitrogen functional groups attached to an aromatic ring is 1. The lowest BCUT2D eigenvalue weighted by Crippen LogP contribution is -1.96. The molecule has 2 N–H and O–H groups in total. The Hall–Kier alpha value is -1.74. The first-order valence-electron chi connectivity index (χ1n) is 5.22. The van der Waals surface area contributed by atoms with Crippen molar-refractivity contribution in [1.82, 2.24) is 4.98 Å². The van der Waals surface area contributed by atoms with Crippen molar-refractivity contribution in [3.05, 3.63) is 46.6 Å². The maximum Gasteiger partial charge on any atom is 0.242 e. The van der Waals surface area contributed by atoms with Crippen molar-refractivity contribution in [3.63, 3.8) is 0 Å². The number of pyridine rings is 1. The molecule has 0 fully saturated rings. The summed E-state index contributed by atoms with van der Waals surface area (Å²) in [4.78, 5) is 4.13. The van der Waals surface area contributed by atoms with Gasteiger partial charge in [0.2, 0.25) is 5.88 Å². The van der Waals surface area contributed by atoms with Gasteiger partial charge in [0, 0.05) is 6.20 Å². The zero-order valence-electron chi connectivity index (χ0n) is 9.70. The second kappa shape index (κ2) is 4.63. The zero-order chi connectivity index (χ0) is 12.4. The van der Waals surface area contributed by atoms with Crippen LogP contribution in [0.3, 0.4) is 0 Å². The molecule has 2 aromatic rings. The third-order valence-electron chi connectivity index (χ3n) is 2.31. The van der Waals surface area contributed by atoms with E-state index in [0.717, 1.165) is 11.1 Å². The van der Waals surface area contributed by atoms with Gasteiger partial charge >= 0.3 is 0 Å². The average Bonchev–Trinajstić information content (AvgIpc) is 2.25. The average molecular weight is 249 g/mol. The van der Waals surface area contributed by atoms with Gasteiger partial charge in [0.15, 0.2) is 0 Å². The number of rotatable bonds is 2. The number of halogens is 1. The van der Waals surface area contributed by atoms with Crippen LogP contribution in [0.1, 0.15) is 11.1 Å². The van der Waals surface area contributed by atoms with E-state index in [1.807, 2.05) is 32.0 Å². The van der Waals surface area contributed by atoms with E-state index in [1.165, 1.54) is 0 Å². The summed E-state index contributed by atoms with van der Waals surface area (Å²) in [7, 11) is 0. The number of hydrogen-bond donors (Lipinski definition) is 1. The van der Waals surface area contributed by atoms with Crippen LogP contribution in [0.5, 0.6) is 11.6 Å². The lowest BCUT2D eigenvalue weighted by Gasteiger charge is -2.09. The fourth-order valence-corrected chi connectivity index (χ4v) is 1.73. The summed E-state index contributed by atoms with van der Waals surface area (Å²) in [6, 6.07) is 7.37. The monoisotopic (exact) mass is 248 g/mol. The minimum Gasteiger partial charge on any atom is -0.436 e. The van der Waals surface area contributed by atoms with E-state index in [2.05, 4.69) is 4.98 Å². The number of nitrogens with zero attached hydrogens (tertiary/aromatic N) is 1. The molecule has 0 aliphatic rings. The first-order chi connectivity index (χ1) is 8.06. The number of nitrogens with two attached hydrogens (primary N) is 1. The minimum atomic E-state index is 0.376. The van der Waals surface area contributed by atoms with Crippen molar-refractivity contribution < 1.29 is 4.74 Å². The molecule has 17 heavy (non-hydrogen) atoms. The van der Waals surface area contributed by atoms with Gasteiger partial charge in [0.1, 0.15) is 5.75 Å². The van der Waals surface area contributed by atoms with Crippen LogP contribution in [0.15, 0.2) is 30.5 Å². The molecule has 88 valence electrons. The van der Waals surface area contributed by atoms with Crippen LogP contribution >= 0.6 is 11.6 Å².